The Balaban J connectivity index is 2.11. The normalized spacial score (nSPS) is 25.2. The van der Waals surface area contributed by atoms with Crippen molar-refractivity contribution >= 4 is 16.5 Å². The number of nitrogen functional groups attached to an aromatic ring is 1. The lowest BCUT2D eigenvalue weighted by Crippen LogP contribution is -2.38. The van der Waals surface area contributed by atoms with E-state index >= 15 is 0 Å². The van der Waals surface area contributed by atoms with E-state index in [9.17, 15) is 5.11 Å². The van der Waals surface area contributed by atoms with Crippen LogP contribution in [0.5, 0.6) is 0 Å². The maximum Gasteiger partial charge on any atom is 0.180 e. The Morgan fingerprint density at radius 1 is 1.67 bits per heavy atom. The van der Waals surface area contributed by atoms with Crippen LogP contribution in [0.2, 0.25) is 0 Å². The van der Waals surface area contributed by atoms with Gasteiger partial charge in [0, 0.05) is 6.04 Å². The van der Waals surface area contributed by atoms with Crippen LogP contribution >= 0.6 is 11.3 Å². The van der Waals surface area contributed by atoms with Crippen molar-refractivity contribution in [2.24, 2.45) is 0 Å². The summed E-state index contributed by atoms with van der Waals surface area (Å²) in [6, 6.07) is 0.164. The van der Waals surface area contributed by atoms with Crippen molar-refractivity contribution in [1.29, 1.82) is 0 Å². The van der Waals surface area contributed by atoms with Crippen molar-refractivity contribution in [3.05, 3.63) is 10.6 Å². The summed E-state index contributed by atoms with van der Waals surface area (Å²) in [5.41, 5.74) is 6.63. The van der Waals surface area contributed by atoms with Crippen LogP contribution in [0.1, 0.15) is 36.4 Å². The van der Waals surface area contributed by atoms with Crippen LogP contribution in [-0.2, 0) is 6.42 Å². The standard InChI is InChI=1S/C10H17N3OS/c1-2-5-12-6-3-4-7-9(8(6)14)15-10(11)13-7/h6,8,12,14H,2-5H2,1H3,(H2,11,13)/t6-,8-/m0/s1. The van der Waals surface area contributed by atoms with Crippen molar-refractivity contribution < 1.29 is 5.11 Å². The average Bonchev–Trinajstić information content (AvgIpc) is 2.59. The predicted octanol–water partition coefficient (Wildman–Crippen LogP) is 1.07. The Labute approximate surface area is 93.5 Å². The highest BCUT2D eigenvalue weighted by atomic mass is 32.1. The lowest BCUT2D eigenvalue weighted by atomic mass is 9.95. The van der Waals surface area contributed by atoms with Gasteiger partial charge in [-0.2, -0.15) is 0 Å². The molecule has 2 atom stereocenters. The van der Waals surface area contributed by atoms with Crippen molar-refractivity contribution in [1.82, 2.24) is 10.3 Å². The number of nitrogens with one attached hydrogen (secondary N) is 1. The highest BCUT2D eigenvalue weighted by Gasteiger charge is 2.30. The van der Waals surface area contributed by atoms with Gasteiger partial charge in [0.15, 0.2) is 5.13 Å². The topological polar surface area (TPSA) is 71.2 Å². The number of hydrogen-bond acceptors (Lipinski definition) is 5. The fourth-order valence-electron chi connectivity index (χ4n) is 1.97. The summed E-state index contributed by atoms with van der Waals surface area (Å²) in [7, 11) is 0. The second kappa shape index (κ2) is 4.47. The van der Waals surface area contributed by atoms with Gasteiger partial charge in [-0.1, -0.05) is 18.3 Å². The van der Waals surface area contributed by atoms with Gasteiger partial charge in [0.25, 0.3) is 0 Å². The number of nitrogens with two attached hydrogens (primary N) is 1. The molecule has 0 radical (unpaired) electrons. The maximum absolute atomic E-state index is 10.1. The van der Waals surface area contributed by atoms with Crippen LogP contribution in [0.4, 0.5) is 5.13 Å². The SMILES string of the molecule is CCCN[C@H]1CCc2nc(N)sc2[C@H]1O. The summed E-state index contributed by atoms with van der Waals surface area (Å²) in [4.78, 5) is 5.18. The summed E-state index contributed by atoms with van der Waals surface area (Å²) in [6.07, 6.45) is 2.51. The average molecular weight is 227 g/mol. The third kappa shape index (κ3) is 2.14. The van der Waals surface area contributed by atoms with E-state index < -0.39 is 6.10 Å². The zero-order valence-electron chi connectivity index (χ0n) is 8.86. The van der Waals surface area contributed by atoms with E-state index in [-0.39, 0.29) is 6.04 Å². The molecule has 0 saturated heterocycles. The van der Waals surface area contributed by atoms with Crippen molar-refractivity contribution in [2.75, 3.05) is 12.3 Å². The number of anilines is 1. The van der Waals surface area contributed by atoms with Gasteiger partial charge in [0.05, 0.1) is 10.6 Å². The molecule has 1 heterocycles. The van der Waals surface area contributed by atoms with Gasteiger partial charge in [-0.3, -0.25) is 0 Å². The quantitative estimate of drug-likeness (QED) is 0.722. The van der Waals surface area contributed by atoms with Crippen molar-refractivity contribution in [2.45, 2.75) is 38.3 Å². The van der Waals surface area contributed by atoms with Gasteiger partial charge in [0.1, 0.15) is 6.10 Å². The molecule has 0 fully saturated rings. The van der Waals surface area contributed by atoms with Crippen LogP contribution in [-0.4, -0.2) is 22.7 Å². The molecule has 1 aliphatic rings. The van der Waals surface area contributed by atoms with Crippen LogP contribution in [0.3, 0.4) is 0 Å². The number of aliphatic hydroxyl groups is 1. The number of thiazole rings is 1. The molecule has 0 aliphatic heterocycles. The van der Waals surface area contributed by atoms with Crippen LogP contribution in [0.15, 0.2) is 0 Å². The summed E-state index contributed by atoms with van der Waals surface area (Å²) >= 11 is 1.41. The van der Waals surface area contributed by atoms with Crippen molar-refractivity contribution in [3.63, 3.8) is 0 Å². The first-order valence-corrected chi connectivity index (χ1v) is 6.20. The summed E-state index contributed by atoms with van der Waals surface area (Å²) < 4.78 is 0. The maximum atomic E-state index is 10.1. The number of aryl methyl sites for hydroxylation is 1. The fraction of sp³-hybridized carbons (Fsp3) is 0.700. The van der Waals surface area contributed by atoms with Gasteiger partial charge >= 0.3 is 0 Å². The lowest BCUT2D eigenvalue weighted by molar-refractivity contribution is 0.118. The minimum Gasteiger partial charge on any atom is -0.386 e. The first-order chi connectivity index (χ1) is 7.22. The lowest BCUT2D eigenvalue weighted by Gasteiger charge is -2.27. The first kappa shape index (κ1) is 10.9. The molecule has 0 amide bonds. The first-order valence-electron chi connectivity index (χ1n) is 5.39. The molecule has 84 valence electrons. The second-order valence-electron chi connectivity index (χ2n) is 3.91. The Hall–Kier alpha value is -0.650. The molecule has 5 heteroatoms. The van der Waals surface area contributed by atoms with E-state index in [1.54, 1.807) is 0 Å². The molecule has 1 aliphatic carbocycles. The Bertz CT molecular complexity index is 339. The zero-order chi connectivity index (χ0) is 10.8. The number of hydrogen-bond donors (Lipinski definition) is 3. The van der Waals surface area contributed by atoms with E-state index in [1.807, 2.05) is 0 Å². The Morgan fingerprint density at radius 2 is 2.47 bits per heavy atom. The highest BCUT2D eigenvalue weighted by molar-refractivity contribution is 7.15. The number of aliphatic hydroxyl groups excluding tert-OH is 1. The molecule has 0 bridgehead atoms. The third-order valence-corrected chi connectivity index (χ3v) is 3.74. The van der Waals surface area contributed by atoms with E-state index in [0.29, 0.717) is 5.13 Å². The second-order valence-corrected chi connectivity index (χ2v) is 4.97. The van der Waals surface area contributed by atoms with Gasteiger partial charge in [-0.25, -0.2) is 4.98 Å². The zero-order valence-corrected chi connectivity index (χ0v) is 9.68. The molecule has 1 aromatic rings. The van der Waals surface area contributed by atoms with E-state index in [4.69, 9.17) is 5.73 Å². The van der Waals surface area contributed by atoms with E-state index in [2.05, 4.69) is 17.2 Å². The molecule has 0 saturated carbocycles. The molecular weight excluding hydrogens is 210 g/mol. The highest BCUT2D eigenvalue weighted by Crippen LogP contribution is 2.35. The molecule has 0 aromatic carbocycles. The third-order valence-electron chi connectivity index (χ3n) is 2.74. The van der Waals surface area contributed by atoms with E-state index in [0.717, 1.165) is 36.4 Å². The summed E-state index contributed by atoms with van der Waals surface area (Å²) in [5.74, 6) is 0. The van der Waals surface area contributed by atoms with Crippen LogP contribution < -0.4 is 11.1 Å². The molecule has 0 spiro atoms. The van der Waals surface area contributed by atoms with Gasteiger partial charge in [0.2, 0.25) is 0 Å². The number of rotatable bonds is 3. The Kier molecular flexibility index (Phi) is 3.23. The van der Waals surface area contributed by atoms with E-state index in [1.165, 1.54) is 11.3 Å². The number of fused-ring (bicyclic) bond motifs is 1. The van der Waals surface area contributed by atoms with Gasteiger partial charge < -0.3 is 16.2 Å². The molecule has 1 aromatic heterocycles. The largest absolute Gasteiger partial charge is 0.386 e. The monoisotopic (exact) mass is 227 g/mol. The van der Waals surface area contributed by atoms with Gasteiger partial charge in [-0.05, 0) is 25.8 Å². The van der Waals surface area contributed by atoms with Crippen molar-refractivity contribution in [3.8, 4) is 0 Å². The molecule has 15 heavy (non-hydrogen) atoms. The molecule has 0 unspecified atom stereocenters. The predicted molar refractivity (Wildman–Crippen MR) is 61.9 cm³/mol. The van der Waals surface area contributed by atoms with Gasteiger partial charge in [-0.15, -0.1) is 0 Å². The Morgan fingerprint density at radius 3 is 3.20 bits per heavy atom. The molecule has 2 rings (SSSR count). The summed E-state index contributed by atoms with van der Waals surface area (Å²) in [6.45, 7) is 3.07. The summed E-state index contributed by atoms with van der Waals surface area (Å²) in [5, 5.41) is 14.0. The number of nitrogens with zero attached hydrogens (tertiary/aromatic N) is 1. The number of aromatic nitrogens is 1. The minimum atomic E-state index is -0.435. The fourth-order valence-corrected chi connectivity index (χ4v) is 2.90. The smallest absolute Gasteiger partial charge is 0.180 e. The van der Waals surface area contributed by atoms with Crippen LogP contribution in [0, 0.1) is 0 Å². The molecular formula is C10H17N3OS. The minimum absolute atomic E-state index is 0.164. The molecule has 4 nitrogen and oxygen atoms in total. The van der Waals surface area contributed by atoms with Crippen LogP contribution in [0.25, 0.3) is 0 Å². The molecule has 4 N–H and O–H groups in total.